The lowest BCUT2D eigenvalue weighted by Gasteiger charge is -2.38. The van der Waals surface area contributed by atoms with Gasteiger partial charge in [0.05, 0.1) is 16.2 Å². The summed E-state index contributed by atoms with van der Waals surface area (Å²) in [7, 11) is 0. The third kappa shape index (κ3) is 4.44. The van der Waals surface area contributed by atoms with Gasteiger partial charge in [-0.25, -0.2) is 8.78 Å². The molecule has 0 aliphatic carbocycles. The van der Waals surface area contributed by atoms with E-state index in [-0.39, 0.29) is 12.4 Å². The number of nitrogens with two attached hydrogens (primary N) is 1. The van der Waals surface area contributed by atoms with Gasteiger partial charge in [-0.1, -0.05) is 11.6 Å². The minimum atomic E-state index is -0.921. The van der Waals surface area contributed by atoms with Crippen molar-refractivity contribution in [1.29, 1.82) is 0 Å². The van der Waals surface area contributed by atoms with Gasteiger partial charge >= 0.3 is 0 Å². The highest BCUT2D eigenvalue weighted by Crippen LogP contribution is 2.34. The number of nitrogens with one attached hydrogen (secondary N) is 2. The Bertz CT molecular complexity index is 1050. The average Bonchev–Trinajstić information content (AvgIpc) is 2.62. The SMILES string of the molecule is CC1(c2cc(Nc3cc(F)cc4cc(Cl)cnc34)ccc2F)CNC[C@H](N)O1.Cl. The molecule has 2 atom stereocenters. The van der Waals surface area contributed by atoms with Crippen LogP contribution >= 0.6 is 24.0 Å². The molecule has 1 aromatic heterocycles. The lowest BCUT2D eigenvalue weighted by atomic mass is 9.93. The lowest BCUT2D eigenvalue weighted by molar-refractivity contribution is -0.109. The second kappa shape index (κ2) is 8.38. The predicted molar refractivity (Wildman–Crippen MR) is 113 cm³/mol. The topological polar surface area (TPSA) is 72.2 Å². The van der Waals surface area contributed by atoms with Gasteiger partial charge in [0.25, 0.3) is 0 Å². The number of rotatable bonds is 3. The maximum Gasteiger partial charge on any atom is 0.129 e. The molecule has 1 aliphatic heterocycles. The molecule has 1 saturated heterocycles. The molecule has 0 radical (unpaired) electrons. The fraction of sp³-hybridized carbons (Fsp3) is 0.250. The van der Waals surface area contributed by atoms with E-state index < -0.39 is 23.5 Å². The Balaban J connectivity index is 0.00000240. The average molecular weight is 441 g/mol. The number of halogens is 4. The number of benzene rings is 2. The van der Waals surface area contributed by atoms with Crippen molar-refractivity contribution in [2.45, 2.75) is 18.8 Å². The van der Waals surface area contributed by atoms with Crippen LogP contribution in [0.2, 0.25) is 5.02 Å². The number of hydrogen-bond donors (Lipinski definition) is 3. The third-order valence-electron chi connectivity index (χ3n) is 4.75. The van der Waals surface area contributed by atoms with E-state index in [1.807, 2.05) is 0 Å². The van der Waals surface area contributed by atoms with Gasteiger partial charge in [-0.05, 0) is 43.3 Å². The second-order valence-electron chi connectivity index (χ2n) is 7.02. The normalized spacial score (nSPS) is 21.6. The van der Waals surface area contributed by atoms with Crippen molar-refractivity contribution in [2.75, 3.05) is 18.4 Å². The Labute approximate surface area is 178 Å². The molecule has 5 nitrogen and oxygen atoms in total. The van der Waals surface area contributed by atoms with Crippen LogP contribution in [0.1, 0.15) is 12.5 Å². The number of anilines is 2. The van der Waals surface area contributed by atoms with Crippen LogP contribution < -0.4 is 16.4 Å². The summed E-state index contributed by atoms with van der Waals surface area (Å²) in [5.74, 6) is -0.836. The highest BCUT2D eigenvalue weighted by atomic mass is 35.5. The first kappa shape index (κ1) is 21.7. The molecule has 0 amide bonds. The molecule has 0 bridgehead atoms. The molecule has 2 aromatic carbocycles. The van der Waals surface area contributed by atoms with Crippen molar-refractivity contribution in [2.24, 2.45) is 5.73 Å². The molecule has 29 heavy (non-hydrogen) atoms. The Hall–Kier alpha value is -2.03. The van der Waals surface area contributed by atoms with E-state index in [0.29, 0.717) is 46.0 Å². The van der Waals surface area contributed by atoms with Gasteiger partial charge in [0.1, 0.15) is 23.5 Å². The first-order chi connectivity index (χ1) is 13.3. The van der Waals surface area contributed by atoms with Gasteiger partial charge in [0.2, 0.25) is 0 Å². The molecule has 1 unspecified atom stereocenters. The molecule has 2 heterocycles. The van der Waals surface area contributed by atoms with Gasteiger partial charge in [-0.3, -0.25) is 4.98 Å². The van der Waals surface area contributed by atoms with Crippen LogP contribution in [-0.2, 0) is 10.3 Å². The molecule has 4 rings (SSSR count). The van der Waals surface area contributed by atoms with Crippen molar-refractivity contribution >= 4 is 46.3 Å². The number of morpholine rings is 1. The van der Waals surface area contributed by atoms with Gasteiger partial charge in [0.15, 0.2) is 0 Å². The summed E-state index contributed by atoms with van der Waals surface area (Å²) in [5, 5.41) is 7.25. The highest BCUT2D eigenvalue weighted by molar-refractivity contribution is 6.31. The summed E-state index contributed by atoms with van der Waals surface area (Å²) in [4.78, 5) is 4.28. The Kier molecular flexibility index (Phi) is 6.26. The molecular weight excluding hydrogens is 421 g/mol. The van der Waals surface area contributed by atoms with E-state index in [9.17, 15) is 8.78 Å². The van der Waals surface area contributed by atoms with Gasteiger partial charge in [-0.2, -0.15) is 0 Å². The molecule has 1 aliphatic rings. The van der Waals surface area contributed by atoms with Gasteiger partial charge < -0.3 is 21.1 Å². The van der Waals surface area contributed by atoms with Crippen molar-refractivity contribution < 1.29 is 13.5 Å². The van der Waals surface area contributed by atoms with Crippen LogP contribution in [0.3, 0.4) is 0 Å². The van der Waals surface area contributed by atoms with E-state index in [1.54, 1.807) is 25.1 Å². The Morgan fingerprint density at radius 3 is 2.83 bits per heavy atom. The summed E-state index contributed by atoms with van der Waals surface area (Å²) < 4.78 is 34.4. The highest BCUT2D eigenvalue weighted by Gasteiger charge is 2.35. The van der Waals surface area contributed by atoms with Crippen molar-refractivity contribution in [3.8, 4) is 0 Å². The van der Waals surface area contributed by atoms with E-state index in [1.165, 1.54) is 24.4 Å². The quantitative estimate of drug-likeness (QED) is 0.560. The number of pyridine rings is 1. The molecule has 3 aromatic rings. The first-order valence-electron chi connectivity index (χ1n) is 8.80. The van der Waals surface area contributed by atoms with Crippen LogP contribution in [0.5, 0.6) is 0 Å². The van der Waals surface area contributed by atoms with E-state index in [4.69, 9.17) is 22.1 Å². The molecule has 4 N–H and O–H groups in total. The number of ether oxygens (including phenoxy) is 1. The van der Waals surface area contributed by atoms with Crippen molar-refractivity contribution in [1.82, 2.24) is 10.3 Å². The van der Waals surface area contributed by atoms with E-state index >= 15 is 0 Å². The van der Waals surface area contributed by atoms with Crippen LogP contribution in [0.15, 0.2) is 42.6 Å². The number of fused-ring (bicyclic) bond motifs is 1. The van der Waals surface area contributed by atoms with Gasteiger partial charge in [-0.15, -0.1) is 12.4 Å². The third-order valence-corrected chi connectivity index (χ3v) is 4.96. The Morgan fingerprint density at radius 1 is 1.28 bits per heavy atom. The summed E-state index contributed by atoms with van der Waals surface area (Å²) in [5.41, 5.74) is 6.89. The summed E-state index contributed by atoms with van der Waals surface area (Å²) in [6, 6.07) is 8.89. The first-order valence-corrected chi connectivity index (χ1v) is 9.18. The largest absolute Gasteiger partial charge is 0.354 e. The summed E-state index contributed by atoms with van der Waals surface area (Å²) in [6.07, 6.45) is 0.961. The molecule has 9 heteroatoms. The van der Waals surface area contributed by atoms with E-state index in [2.05, 4.69) is 15.6 Å². The fourth-order valence-electron chi connectivity index (χ4n) is 3.47. The van der Waals surface area contributed by atoms with Gasteiger partial charge in [0, 0.05) is 35.9 Å². The monoisotopic (exact) mass is 440 g/mol. The molecule has 1 fully saturated rings. The standard InChI is InChI=1S/C20H19ClF2N4O.ClH/c1-20(10-25-9-18(24)28-20)15-7-14(2-3-16(15)23)27-17-6-13(22)5-11-4-12(21)8-26-19(11)17;/h2-8,18,25,27H,9-10,24H2,1H3;1H/t18-,20?;/m1./s1. The summed E-state index contributed by atoms with van der Waals surface area (Å²) >= 11 is 5.96. The van der Waals surface area contributed by atoms with Crippen LogP contribution in [-0.4, -0.2) is 24.3 Å². The number of aromatic nitrogens is 1. The predicted octanol–water partition coefficient (Wildman–Crippen LogP) is 4.45. The minimum absolute atomic E-state index is 0. The minimum Gasteiger partial charge on any atom is -0.354 e. The second-order valence-corrected chi connectivity index (χ2v) is 7.45. The number of hydrogen-bond acceptors (Lipinski definition) is 5. The molecule has 154 valence electrons. The van der Waals surface area contributed by atoms with Crippen LogP contribution in [0.25, 0.3) is 10.9 Å². The van der Waals surface area contributed by atoms with Crippen LogP contribution in [0, 0.1) is 11.6 Å². The smallest absolute Gasteiger partial charge is 0.129 e. The zero-order valence-corrected chi connectivity index (χ0v) is 17.1. The zero-order chi connectivity index (χ0) is 19.9. The molecule has 0 spiro atoms. The zero-order valence-electron chi connectivity index (χ0n) is 15.5. The number of nitrogens with zero attached hydrogens (tertiary/aromatic N) is 1. The maximum atomic E-state index is 14.6. The van der Waals surface area contributed by atoms with Crippen molar-refractivity contribution in [3.63, 3.8) is 0 Å². The van der Waals surface area contributed by atoms with Crippen LogP contribution in [0.4, 0.5) is 20.2 Å². The molecular formula is C20H20Cl2F2N4O. The van der Waals surface area contributed by atoms with E-state index in [0.717, 1.165) is 0 Å². The maximum absolute atomic E-state index is 14.6. The molecule has 0 saturated carbocycles. The fourth-order valence-corrected chi connectivity index (χ4v) is 3.64. The summed E-state index contributed by atoms with van der Waals surface area (Å²) in [6.45, 7) is 2.70. The Morgan fingerprint density at radius 2 is 2.07 bits per heavy atom. The lowest BCUT2D eigenvalue weighted by Crippen LogP contribution is -2.53. The van der Waals surface area contributed by atoms with Crippen molar-refractivity contribution in [3.05, 3.63) is 64.8 Å².